The number of piperazine rings is 1. The summed E-state index contributed by atoms with van der Waals surface area (Å²) in [5, 5.41) is 0. The van der Waals surface area contributed by atoms with E-state index in [2.05, 4.69) is 15.8 Å². The SMILES string of the molecule is C#CCN1CCC(C(=O)N2CCN(c3ccc(C(F)(F)F)cn3)CC2)CC1. The average molecular weight is 380 g/mol. The summed E-state index contributed by atoms with van der Waals surface area (Å²) in [4.78, 5) is 22.6. The molecule has 0 saturated carbocycles. The van der Waals surface area contributed by atoms with Crippen LogP contribution >= 0.6 is 0 Å². The van der Waals surface area contributed by atoms with Crippen LogP contribution in [0.2, 0.25) is 0 Å². The first-order valence-corrected chi connectivity index (χ1v) is 9.11. The molecule has 8 heteroatoms. The molecule has 0 N–H and O–H groups in total. The van der Waals surface area contributed by atoms with Crippen LogP contribution in [-0.2, 0) is 11.0 Å². The quantitative estimate of drug-likeness (QED) is 0.753. The van der Waals surface area contributed by atoms with Gasteiger partial charge in [-0.05, 0) is 38.1 Å². The smallest absolute Gasteiger partial charge is 0.353 e. The lowest BCUT2D eigenvalue weighted by Crippen LogP contribution is -2.51. The normalized spacial score (nSPS) is 19.8. The second-order valence-corrected chi connectivity index (χ2v) is 6.97. The summed E-state index contributed by atoms with van der Waals surface area (Å²) in [6.07, 6.45) is 3.45. The van der Waals surface area contributed by atoms with Crippen LogP contribution in [0.1, 0.15) is 18.4 Å². The number of piperidine rings is 1. The number of rotatable bonds is 3. The van der Waals surface area contributed by atoms with Gasteiger partial charge in [0.05, 0.1) is 12.1 Å². The number of anilines is 1. The number of amides is 1. The van der Waals surface area contributed by atoms with E-state index in [9.17, 15) is 18.0 Å². The van der Waals surface area contributed by atoms with Crippen molar-refractivity contribution in [2.45, 2.75) is 19.0 Å². The van der Waals surface area contributed by atoms with E-state index in [1.807, 2.05) is 9.80 Å². The van der Waals surface area contributed by atoms with Gasteiger partial charge < -0.3 is 9.80 Å². The molecule has 2 aliphatic heterocycles. The standard InChI is InChI=1S/C19H23F3N4O/c1-2-7-24-8-5-15(6-9-24)18(27)26-12-10-25(11-13-26)17-4-3-16(14-23-17)19(20,21)22/h1,3-4,14-15H,5-13H2. The summed E-state index contributed by atoms with van der Waals surface area (Å²) >= 11 is 0. The van der Waals surface area contributed by atoms with Crippen molar-refractivity contribution in [2.24, 2.45) is 5.92 Å². The van der Waals surface area contributed by atoms with E-state index < -0.39 is 11.7 Å². The van der Waals surface area contributed by atoms with Crippen molar-refractivity contribution in [3.05, 3.63) is 23.9 Å². The van der Waals surface area contributed by atoms with Crippen molar-refractivity contribution in [3.8, 4) is 12.3 Å². The molecule has 1 amide bonds. The molecule has 0 bridgehead atoms. The highest BCUT2D eigenvalue weighted by Crippen LogP contribution is 2.29. The van der Waals surface area contributed by atoms with Crippen LogP contribution in [0.25, 0.3) is 0 Å². The van der Waals surface area contributed by atoms with Gasteiger partial charge in [0.15, 0.2) is 0 Å². The molecule has 1 aromatic rings. The van der Waals surface area contributed by atoms with E-state index in [0.29, 0.717) is 38.5 Å². The molecule has 0 spiro atoms. The molecule has 146 valence electrons. The zero-order valence-corrected chi connectivity index (χ0v) is 15.1. The summed E-state index contributed by atoms with van der Waals surface area (Å²) < 4.78 is 37.9. The molecule has 2 saturated heterocycles. The molecule has 27 heavy (non-hydrogen) atoms. The first-order valence-electron chi connectivity index (χ1n) is 9.11. The highest BCUT2D eigenvalue weighted by atomic mass is 19.4. The van der Waals surface area contributed by atoms with E-state index in [-0.39, 0.29) is 11.8 Å². The summed E-state index contributed by atoms with van der Waals surface area (Å²) in [5.74, 6) is 3.36. The molecule has 0 radical (unpaired) electrons. The van der Waals surface area contributed by atoms with Crippen molar-refractivity contribution in [2.75, 3.05) is 50.7 Å². The van der Waals surface area contributed by atoms with Gasteiger partial charge in [0.1, 0.15) is 5.82 Å². The van der Waals surface area contributed by atoms with E-state index in [1.165, 1.54) is 6.07 Å². The molecule has 0 aromatic carbocycles. The van der Waals surface area contributed by atoms with Crippen LogP contribution in [0.4, 0.5) is 19.0 Å². The topological polar surface area (TPSA) is 39.7 Å². The highest BCUT2D eigenvalue weighted by molar-refractivity contribution is 5.79. The summed E-state index contributed by atoms with van der Waals surface area (Å²) in [6, 6.07) is 2.44. The van der Waals surface area contributed by atoms with Gasteiger partial charge in [0, 0.05) is 38.3 Å². The van der Waals surface area contributed by atoms with Crippen LogP contribution in [0, 0.1) is 18.3 Å². The van der Waals surface area contributed by atoms with Crippen molar-refractivity contribution in [1.82, 2.24) is 14.8 Å². The first kappa shape index (κ1) is 19.5. The van der Waals surface area contributed by atoms with Crippen LogP contribution < -0.4 is 4.90 Å². The predicted octanol–water partition coefficient (Wildman–Crippen LogP) is 2.09. The largest absolute Gasteiger partial charge is 0.417 e. The minimum absolute atomic E-state index is 0.0368. The molecule has 2 aliphatic rings. The van der Waals surface area contributed by atoms with E-state index in [4.69, 9.17) is 6.42 Å². The molecular weight excluding hydrogens is 357 g/mol. The zero-order chi connectivity index (χ0) is 19.4. The number of hydrogen-bond acceptors (Lipinski definition) is 4. The van der Waals surface area contributed by atoms with Gasteiger partial charge in [-0.3, -0.25) is 9.69 Å². The molecule has 1 aromatic heterocycles. The van der Waals surface area contributed by atoms with Crippen molar-refractivity contribution in [1.29, 1.82) is 0 Å². The number of aromatic nitrogens is 1. The average Bonchev–Trinajstić information content (AvgIpc) is 2.68. The Hall–Kier alpha value is -2.27. The number of nitrogens with zero attached hydrogens (tertiary/aromatic N) is 4. The molecular formula is C19H23F3N4O. The molecule has 3 heterocycles. The fourth-order valence-corrected chi connectivity index (χ4v) is 3.62. The van der Waals surface area contributed by atoms with Crippen molar-refractivity contribution in [3.63, 3.8) is 0 Å². The fourth-order valence-electron chi connectivity index (χ4n) is 3.62. The van der Waals surface area contributed by atoms with E-state index in [1.54, 1.807) is 0 Å². The number of likely N-dealkylation sites (tertiary alicyclic amines) is 1. The van der Waals surface area contributed by atoms with Gasteiger partial charge in [-0.2, -0.15) is 13.2 Å². The van der Waals surface area contributed by atoms with Gasteiger partial charge in [0.2, 0.25) is 5.91 Å². The highest BCUT2D eigenvalue weighted by Gasteiger charge is 2.32. The Morgan fingerprint density at radius 1 is 1.15 bits per heavy atom. The number of halogens is 3. The maximum atomic E-state index is 12.7. The molecule has 5 nitrogen and oxygen atoms in total. The van der Waals surface area contributed by atoms with E-state index >= 15 is 0 Å². The number of hydrogen-bond donors (Lipinski definition) is 0. The third kappa shape index (κ3) is 4.72. The summed E-state index contributed by atoms with van der Waals surface area (Å²) in [5.41, 5.74) is -0.753. The second-order valence-electron chi connectivity index (χ2n) is 6.97. The lowest BCUT2D eigenvalue weighted by Gasteiger charge is -2.38. The lowest BCUT2D eigenvalue weighted by molar-refractivity contribution is -0.138. The van der Waals surface area contributed by atoms with E-state index in [0.717, 1.165) is 38.2 Å². The molecule has 3 rings (SSSR count). The Bertz CT molecular complexity index is 682. The first-order chi connectivity index (χ1) is 12.9. The lowest BCUT2D eigenvalue weighted by atomic mass is 9.95. The maximum Gasteiger partial charge on any atom is 0.417 e. The summed E-state index contributed by atoms with van der Waals surface area (Å²) in [6.45, 7) is 4.57. The fraction of sp³-hybridized carbons (Fsp3) is 0.579. The number of carbonyl (C=O) groups excluding carboxylic acids is 1. The Labute approximate surface area is 157 Å². The molecule has 0 unspecified atom stereocenters. The predicted molar refractivity (Wildman–Crippen MR) is 96.0 cm³/mol. The zero-order valence-electron chi connectivity index (χ0n) is 15.1. The minimum Gasteiger partial charge on any atom is -0.353 e. The van der Waals surface area contributed by atoms with Crippen LogP contribution in [0.15, 0.2) is 18.3 Å². The number of alkyl halides is 3. The second kappa shape index (κ2) is 8.17. The van der Waals surface area contributed by atoms with Crippen molar-refractivity contribution < 1.29 is 18.0 Å². The number of terminal acetylenes is 1. The van der Waals surface area contributed by atoms with Gasteiger partial charge in [-0.15, -0.1) is 6.42 Å². The Morgan fingerprint density at radius 2 is 1.81 bits per heavy atom. The van der Waals surface area contributed by atoms with Gasteiger partial charge in [-0.1, -0.05) is 5.92 Å². The van der Waals surface area contributed by atoms with Gasteiger partial charge in [-0.25, -0.2) is 4.98 Å². The summed E-state index contributed by atoms with van der Waals surface area (Å²) in [7, 11) is 0. The Kier molecular flexibility index (Phi) is 5.90. The van der Waals surface area contributed by atoms with Crippen LogP contribution in [0.3, 0.4) is 0 Å². The molecule has 0 atom stereocenters. The molecule has 0 aliphatic carbocycles. The monoisotopic (exact) mass is 380 g/mol. The van der Waals surface area contributed by atoms with Gasteiger partial charge >= 0.3 is 6.18 Å². The Balaban J connectivity index is 1.50. The number of pyridine rings is 1. The number of carbonyl (C=O) groups is 1. The third-order valence-electron chi connectivity index (χ3n) is 5.24. The Morgan fingerprint density at radius 3 is 2.33 bits per heavy atom. The third-order valence-corrected chi connectivity index (χ3v) is 5.24. The van der Waals surface area contributed by atoms with Gasteiger partial charge in [0.25, 0.3) is 0 Å². The minimum atomic E-state index is -4.38. The molecule has 2 fully saturated rings. The maximum absolute atomic E-state index is 12.7. The van der Waals surface area contributed by atoms with Crippen molar-refractivity contribution >= 4 is 11.7 Å². The van der Waals surface area contributed by atoms with Crippen LogP contribution in [0.5, 0.6) is 0 Å². The van der Waals surface area contributed by atoms with Crippen LogP contribution in [-0.4, -0.2) is 66.5 Å².